The summed E-state index contributed by atoms with van der Waals surface area (Å²) in [6, 6.07) is 6.35. The normalized spacial score (nSPS) is 13.7. The molecular weight excluding hydrogens is 322 g/mol. The van der Waals surface area contributed by atoms with Gasteiger partial charge in [0.1, 0.15) is 0 Å². The van der Waals surface area contributed by atoms with Crippen molar-refractivity contribution in [1.29, 1.82) is 0 Å². The van der Waals surface area contributed by atoms with Crippen LogP contribution in [-0.4, -0.2) is 25.6 Å². The molecule has 1 aromatic heterocycles. The van der Waals surface area contributed by atoms with Gasteiger partial charge in [-0.3, -0.25) is 14.8 Å². The van der Waals surface area contributed by atoms with Crippen molar-refractivity contribution in [3.8, 4) is 0 Å². The summed E-state index contributed by atoms with van der Waals surface area (Å²) in [7, 11) is -3.37. The quantitative estimate of drug-likeness (QED) is 0.896. The first-order chi connectivity index (χ1) is 10.4. The van der Waals surface area contributed by atoms with Crippen LogP contribution in [0.3, 0.4) is 0 Å². The summed E-state index contributed by atoms with van der Waals surface area (Å²) in [5.41, 5.74) is 1.81. The van der Waals surface area contributed by atoms with Crippen molar-refractivity contribution in [2.24, 2.45) is 0 Å². The van der Waals surface area contributed by atoms with Crippen molar-refractivity contribution < 1.29 is 13.2 Å². The van der Waals surface area contributed by atoms with Gasteiger partial charge < -0.3 is 0 Å². The average Bonchev–Trinajstić information content (AvgIpc) is 2.97. The van der Waals surface area contributed by atoms with Crippen molar-refractivity contribution >= 4 is 38.1 Å². The molecule has 1 amide bonds. The van der Waals surface area contributed by atoms with E-state index in [0.29, 0.717) is 16.4 Å². The van der Waals surface area contributed by atoms with E-state index in [1.807, 2.05) is 0 Å². The van der Waals surface area contributed by atoms with Gasteiger partial charge in [0, 0.05) is 16.1 Å². The third-order valence-electron chi connectivity index (χ3n) is 3.24. The zero-order chi connectivity index (χ0) is 15.7. The number of sulfonamides is 1. The van der Waals surface area contributed by atoms with E-state index < -0.39 is 10.0 Å². The molecule has 1 aliphatic rings. The highest BCUT2D eigenvalue weighted by Gasteiger charge is 2.18. The topological polar surface area (TPSA) is 88.2 Å². The van der Waals surface area contributed by atoms with Gasteiger partial charge in [0.25, 0.3) is 5.91 Å². The smallest absolute Gasteiger partial charge is 0.257 e. The molecule has 0 saturated carbocycles. The minimum absolute atomic E-state index is 0.301. The molecule has 22 heavy (non-hydrogen) atoms. The van der Waals surface area contributed by atoms with Crippen LogP contribution in [0, 0.1) is 0 Å². The van der Waals surface area contributed by atoms with Crippen LogP contribution in [0.4, 0.5) is 10.8 Å². The number of nitrogens with zero attached hydrogens (tertiary/aromatic N) is 1. The van der Waals surface area contributed by atoms with Crippen molar-refractivity contribution in [2.45, 2.75) is 19.3 Å². The van der Waals surface area contributed by atoms with E-state index >= 15 is 0 Å². The molecule has 8 heteroatoms. The standard InChI is InChI=1S/C14H15N3O3S2/c1-22(19,20)17-10-5-2-4-9(8-10)13(18)16-14-15-11-6-3-7-12(11)21-14/h2,4-5,8,17H,3,6-7H2,1H3,(H,15,16,18). The Kier molecular flexibility index (Phi) is 3.88. The summed E-state index contributed by atoms with van der Waals surface area (Å²) in [5.74, 6) is -0.301. The molecule has 2 N–H and O–H groups in total. The molecule has 1 heterocycles. The van der Waals surface area contributed by atoms with Crippen LogP contribution in [0.1, 0.15) is 27.3 Å². The van der Waals surface area contributed by atoms with Crippen LogP contribution in [0.5, 0.6) is 0 Å². The maximum atomic E-state index is 12.2. The van der Waals surface area contributed by atoms with Gasteiger partial charge in [-0.05, 0) is 37.5 Å². The maximum Gasteiger partial charge on any atom is 0.257 e. The largest absolute Gasteiger partial charge is 0.298 e. The predicted octanol–water partition coefficient (Wildman–Crippen LogP) is 2.26. The number of aromatic nitrogens is 1. The number of thiazole rings is 1. The SMILES string of the molecule is CS(=O)(=O)Nc1cccc(C(=O)Nc2nc3c(s2)CCC3)c1. The Morgan fingerprint density at radius 2 is 2.14 bits per heavy atom. The van der Waals surface area contributed by atoms with Gasteiger partial charge in [0.15, 0.2) is 5.13 Å². The second-order valence-electron chi connectivity index (χ2n) is 5.15. The van der Waals surface area contributed by atoms with Crippen LogP contribution in [0.2, 0.25) is 0 Å². The van der Waals surface area contributed by atoms with E-state index in [-0.39, 0.29) is 5.91 Å². The third kappa shape index (κ3) is 3.45. The number of anilines is 2. The van der Waals surface area contributed by atoms with Crippen LogP contribution in [0.25, 0.3) is 0 Å². The van der Waals surface area contributed by atoms with Crippen LogP contribution in [-0.2, 0) is 22.9 Å². The number of rotatable bonds is 4. The lowest BCUT2D eigenvalue weighted by Crippen LogP contribution is -2.13. The molecule has 0 radical (unpaired) electrons. The highest BCUT2D eigenvalue weighted by atomic mass is 32.2. The molecule has 2 aromatic rings. The molecule has 6 nitrogen and oxygen atoms in total. The number of hydrogen-bond acceptors (Lipinski definition) is 5. The van der Waals surface area contributed by atoms with Crippen molar-refractivity contribution in [1.82, 2.24) is 4.98 Å². The Bertz CT molecular complexity index is 806. The van der Waals surface area contributed by atoms with Gasteiger partial charge >= 0.3 is 0 Å². The van der Waals surface area contributed by atoms with Crippen LogP contribution >= 0.6 is 11.3 Å². The molecule has 0 saturated heterocycles. The lowest BCUT2D eigenvalue weighted by atomic mass is 10.2. The Morgan fingerprint density at radius 3 is 2.86 bits per heavy atom. The minimum Gasteiger partial charge on any atom is -0.298 e. The molecule has 3 rings (SSSR count). The number of fused-ring (bicyclic) bond motifs is 1. The first-order valence-corrected chi connectivity index (χ1v) is 9.49. The minimum atomic E-state index is -3.37. The first-order valence-electron chi connectivity index (χ1n) is 6.78. The monoisotopic (exact) mass is 337 g/mol. The van der Waals surface area contributed by atoms with Gasteiger partial charge in [-0.2, -0.15) is 0 Å². The number of benzene rings is 1. The molecule has 1 aromatic carbocycles. The summed E-state index contributed by atoms with van der Waals surface area (Å²) in [4.78, 5) is 17.9. The fourth-order valence-corrected chi connectivity index (χ4v) is 3.95. The first kappa shape index (κ1) is 15.0. The number of carbonyl (C=O) groups is 1. The van der Waals surface area contributed by atoms with E-state index in [1.165, 1.54) is 22.3 Å². The second kappa shape index (κ2) is 5.69. The Morgan fingerprint density at radius 1 is 1.32 bits per heavy atom. The lowest BCUT2D eigenvalue weighted by Gasteiger charge is -2.06. The van der Waals surface area contributed by atoms with E-state index in [2.05, 4.69) is 15.0 Å². The predicted molar refractivity (Wildman–Crippen MR) is 87.0 cm³/mol. The summed E-state index contributed by atoms with van der Waals surface area (Å²) in [5, 5.41) is 3.36. The Hall–Kier alpha value is -1.93. The van der Waals surface area contributed by atoms with Crippen LogP contribution in [0.15, 0.2) is 24.3 Å². The number of nitrogens with one attached hydrogen (secondary N) is 2. The molecule has 0 aliphatic heterocycles. The highest BCUT2D eigenvalue weighted by molar-refractivity contribution is 7.92. The molecule has 0 unspecified atom stereocenters. The fraction of sp³-hybridized carbons (Fsp3) is 0.286. The van der Waals surface area contributed by atoms with Gasteiger partial charge in [-0.25, -0.2) is 13.4 Å². The fourth-order valence-electron chi connectivity index (χ4n) is 2.35. The van der Waals surface area contributed by atoms with Crippen LogP contribution < -0.4 is 10.0 Å². The zero-order valence-corrected chi connectivity index (χ0v) is 13.6. The Balaban J connectivity index is 1.75. The van der Waals surface area contributed by atoms with Gasteiger partial charge in [0.05, 0.1) is 11.9 Å². The lowest BCUT2D eigenvalue weighted by molar-refractivity contribution is 0.102. The molecule has 1 aliphatic carbocycles. The molecule has 0 fully saturated rings. The molecule has 0 bridgehead atoms. The molecule has 0 spiro atoms. The van der Waals surface area contributed by atoms with Crippen molar-refractivity contribution in [2.75, 3.05) is 16.3 Å². The molecule has 0 atom stereocenters. The summed E-state index contributed by atoms with van der Waals surface area (Å²) in [6.07, 6.45) is 4.19. The molecule has 116 valence electrons. The summed E-state index contributed by atoms with van der Waals surface area (Å²) >= 11 is 1.50. The van der Waals surface area contributed by atoms with Gasteiger partial charge in [-0.15, -0.1) is 11.3 Å². The molecular formula is C14H15N3O3S2. The van der Waals surface area contributed by atoms with E-state index in [4.69, 9.17) is 0 Å². The van der Waals surface area contributed by atoms with E-state index in [9.17, 15) is 13.2 Å². The number of amides is 1. The number of aryl methyl sites for hydroxylation is 2. The van der Waals surface area contributed by atoms with Gasteiger partial charge in [-0.1, -0.05) is 6.07 Å². The second-order valence-corrected chi connectivity index (χ2v) is 7.98. The Labute approximate surface area is 132 Å². The van der Waals surface area contributed by atoms with Gasteiger partial charge in [0.2, 0.25) is 10.0 Å². The average molecular weight is 337 g/mol. The highest BCUT2D eigenvalue weighted by Crippen LogP contribution is 2.30. The van der Waals surface area contributed by atoms with Crippen molar-refractivity contribution in [3.05, 3.63) is 40.4 Å². The maximum absolute atomic E-state index is 12.2. The van der Waals surface area contributed by atoms with E-state index in [1.54, 1.807) is 18.2 Å². The third-order valence-corrected chi connectivity index (χ3v) is 4.92. The number of carbonyl (C=O) groups excluding carboxylic acids is 1. The van der Waals surface area contributed by atoms with Crippen molar-refractivity contribution in [3.63, 3.8) is 0 Å². The van der Waals surface area contributed by atoms with E-state index in [0.717, 1.165) is 31.2 Å². The zero-order valence-electron chi connectivity index (χ0n) is 11.9. The summed E-state index contributed by atoms with van der Waals surface area (Å²) in [6.45, 7) is 0. The summed E-state index contributed by atoms with van der Waals surface area (Å²) < 4.78 is 24.8. The number of hydrogen-bond donors (Lipinski definition) is 2.